The molecule has 0 aromatic carbocycles. The van der Waals surface area contributed by atoms with Crippen LogP contribution in [0.3, 0.4) is 0 Å². The lowest BCUT2D eigenvalue weighted by molar-refractivity contribution is 0.0950. The van der Waals surface area contributed by atoms with Gasteiger partial charge in [-0.15, -0.1) is 21.5 Å². The van der Waals surface area contributed by atoms with E-state index in [9.17, 15) is 4.79 Å². The standard InChI is InChI=1S/C12H15N5OS/c1-3-13-12(18)9-4-5-11(17-16-9)14-6-10-8(2)15-7-19-10/h4-5,7H,3,6H2,1-2H3,(H,13,18)(H,14,17). The van der Waals surface area contributed by atoms with Gasteiger partial charge in [0.15, 0.2) is 5.69 Å². The molecule has 2 rings (SSSR count). The molecule has 19 heavy (non-hydrogen) atoms. The summed E-state index contributed by atoms with van der Waals surface area (Å²) in [4.78, 5) is 16.8. The first-order chi connectivity index (χ1) is 9.20. The molecule has 0 unspecified atom stereocenters. The van der Waals surface area contributed by atoms with Crippen LogP contribution in [0.5, 0.6) is 0 Å². The van der Waals surface area contributed by atoms with Crippen molar-refractivity contribution in [2.24, 2.45) is 0 Å². The van der Waals surface area contributed by atoms with Crippen molar-refractivity contribution in [2.75, 3.05) is 11.9 Å². The van der Waals surface area contributed by atoms with Gasteiger partial charge in [-0.3, -0.25) is 4.79 Å². The Labute approximate surface area is 115 Å². The van der Waals surface area contributed by atoms with E-state index in [-0.39, 0.29) is 5.91 Å². The predicted molar refractivity (Wildman–Crippen MR) is 74.2 cm³/mol. The quantitative estimate of drug-likeness (QED) is 0.868. The van der Waals surface area contributed by atoms with Crippen molar-refractivity contribution in [3.63, 3.8) is 0 Å². The van der Waals surface area contributed by atoms with E-state index in [0.29, 0.717) is 24.6 Å². The summed E-state index contributed by atoms with van der Waals surface area (Å²) in [6.45, 7) is 5.06. The summed E-state index contributed by atoms with van der Waals surface area (Å²) in [7, 11) is 0. The average Bonchev–Trinajstić information content (AvgIpc) is 2.83. The third kappa shape index (κ3) is 3.47. The second-order valence-electron chi connectivity index (χ2n) is 3.88. The Hall–Kier alpha value is -2.02. The number of anilines is 1. The van der Waals surface area contributed by atoms with Crippen LogP contribution >= 0.6 is 11.3 Å². The number of hydrogen-bond acceptors (Lipinski definition) is 6. The molecule has 0 fully saturated rings. The monoisotopic (exact) mass is 277 g/mol. The van der Waals surface area contributed by atoms with Crippen LogP contribution in [0, 0.1) is 6.92 Å². The zero-order chi connectivity index (χ0) is 13.7. The van der Waals surface area contributed by atoms with E-state index < -0.39 is 0 Å². The van der Waals surface area contributed by atoms with Crippen molar-refractivity contribution >= 4 is 23.1 Å². The Morgan fingerprint density at radius 3 is 2.79 bits per heavy atom. The molecule has 7 heteroatoms. The van der Waals surface area contributed by atoms with Crippen LogP contribution < -0.4 is 10.6 Å². The number of aromatic nitrogens is 3. The topological polar surface area (TPSA) is 79.8 Å². The highest BCUT2D eigenvalue weighted by Crippen LogP contribution is 2.13. The van der Waals surface area contributed by atoms with E-state index in [1.54, 1.807) is 23.5 Å². The van der Waals surface area contributed by atoms with Crippen molar-refractivity contribution in [3.8, 4) is 0 Å². The van der Waals surface area contributed by atoms with Gasteiger partial charge in [-0.25, -0.2) is 4.98 Å². The molecule has 0 atom stereocenters. The van der Waals surface area contributed by atoms with Gasteiger partial charge in [-0.2, -0.15) is 0 Å². The molecule has 0 bridgehead atoms. The van der Waals surface area contributed by atoms with Crippen LogP contribution in [-0.2, 0) is 6.54 Å². The van der Waals surface area contributed by atoms with E-state index in [1.807, 2.05) is 19.4 Å². The molecule has 1 amide bonds. The largest absolute Gasteiger partial charge is 0.364 e. The molecule has 100 valence electrons. The van der Waals surface area contributed by atoms with Gasteiger partial charge in [0.05, 0.1) is 17.7 Å². The summed E-state index contributed by atoms with van der Waals surface area (Å²) in [5.41, 5.74) is 3.15. The number of aryl methyl sites for hydroxylation is 1. The van der Waals surface area contributed by atoms with Gasteiger partial charge in [0, 0.05) is 11.4 Å². The van der Waals surface area contributed by atoms with Crippen molar-refractivity contribution < 1.29 is 4.79 Å². The number of thiazole rings is 1. The van der Waals surface area contributed by atoms with Gasteiger partial charge in [0.1, 0.15) is 5.82 Å². The van der Waals surface area contributed by atoms with E-state index >= 15 is 0 Å². The van der Waals surface area contributed by atoms with Crippen LogP contribution in [0.4, 0.5) is 5.82 Å². The molecular formula is C12H15N5OS. The minimum Gasteiger partial charge on any atom is -0.364 e. The highest BCUT2D eigenvalue weighted by molar-refractivity contribution is 7.09. The second-order valence-corrected chi connectivity index (χ2v) is 4.82. The maximum atomic E-state index is 11.5. The number of amides is 1. The van der Waals surface area contributed by atoms with Crippen LogP contribution in [-0.4, -0.2) is 27.6 Å². The Morgan fingerprint density at radius 1 is 1.37 bits per heavy atom. The first-order valence-electron chi connectivity index (χ1n) is 5.95. The minimum absolute atomic E-state index is 0.208. The lowest BCUT2D eigenvalue weighted by atomic mass is 10.3. The van der Waals surface area contributed by atoms with Gasteiger partial charge in [-0.1, -0.05) is 0 Å². The molecule has 0 aliphatic heterocycles. The Kier molecular flexibility index (Phi) is 4.40. The van der Waals surface area contributed by atoms with Gasteiger partial charge in [-0.05, 0) is 26.0 Å². The Balaban J connectivity index is 1.95. The van der Waals surface area contributed by atoms with Gasteiger partial charge < -0.3 is 10.6 Å². The third-order valence-electron chi connectivity index (χ3n) is 2.51. The molecule has 0 saturated carbocycles. The Bertz CT molecular complexity index is 552. The van der Waals surface area contributed by atoms with Crippen LogP contribution in [0.25, 0.3) is 0 Å². The van der Waals surface area contributed by atoms with Crippen molar-refractivity contribution in [1.82, 2.24) is 20.5 Å². The zero-order valence-electron chi connectivity index (χ0n) is 10.8. The van der Waals surface area contributed by atoms with E-state index in [4.69, 9.17) is 0 Å². The normalized spacial score (nSPS) is 10.2. The molecule has 2 N–H and O–H groups in total. The maximum Gasteiger partial charge on any atom is 0.271 e. The fraction of sp³-hybridized carbons (Fsp3) is 0.333. The van der Waals surface area contributed by atoms with Crippen LogP contribution in [0.15, 0.2) is 17.6 Å². The summed E-state index contributed by atoms with van der Waals surface area (Å²) < 4.78 is 0. The summed E-state index contributed by atoms with van der Waals surface area (Å²) >= 11 is 1.60. The van der Waals surface area contributed by atoms with Gasteiger partial charge >= 0.3 is 0 Å². The molecular weight excluding hydrogens is 262 g/mol. The molecule has 2 aromatic heterocycles. The highest BCUT2D eigenvalue weighted by atomic mass is 32.1. The van der Waals surface area contributed by atoms with Gasteiger partial charge in [0.2, 0.25) is 0 Å². The number of carbonyl (C=O) groups is 1. The molecule has 2 heterocycles. The Morgan fingerprint density at radius 2 is 2.21 bits per heavy atom. The lowest BCUT2D eigenvalue weighted by Gasteiger charge is -2.05. The van der Waals surface area contributed by atoms with Crippen molar-refractivity contribution in [3.05, 3.63) is 33.9 Å². The number of nitrogens with zero attached hydrogens (tertiary/aromatic N) is 3. The fourth-order valence-electron chi connectivity index (χ4n) is 1.47. The first kappa shape index (κ1) is 13.4. The second kappa shape index (κ2) is 6.24. The summed E-state index contributed by atoms with van der Waals surface area (Å²) in [5, 5.41) is 13.7. The number of nitrogens with one attached hydrogen (secondary N) is 2. The summed E-state index contributed by atoms with van der Waals surface area (Å²) in [6.07, 6.45) is 0. The molecule has 6 nitrogen and oxygen atoms in total. The summed E-state index contributed by atoms with van der Waals surface area (Å²) in [5.74, 6) is 0.431. The average molecular weight is 277 g/mol. The van der Waals surface area contributed by atoms with Crippen molar-refractivity contribution in [1.29, 1.82) is 0 Å². The van der Waals surface area contributed by atoms with E-state index in [1.165, 1.54) is 0 Å². The predicted octanol–water partition coefficient (Wildman–Crippen LogP) is 1.60. The van der Waals surface area contributed by atoms with Crippen molar-refractivity contribution in [2.45, 2.75) is 20.4 Å². The summed E-state index contributed by atoms with van der Waals surface area (Å²) in [6, 6.07) is 3.40. The first-order valence-corrected chi connectivity index (χ1v) is 6.83. The fourth-order valence-corrected chi connectivity index (χ4v) is 2.18. The number of rotatable bonds is 5. The minimum atomic E-state index is -0.208. The molecule has 0 spiro atoms. The highest BCUT2D eigenvalue weighted by Gasteiger charge is 2.07. The van der Waals surface area contributed by atoms with E-state index in [0.717, 1.165) is 10.6 Å². The molecule has 0 radical (unpaired) electrons. The lowest BCUT2D eigenvalue weighted by Crippen LogP contribution is -2.24. The number of hydrogen-bond donors (Lipinski definition) is 2. The third-order valence-corrected chi connectivity index (χ3v) is 3.44. The maximum absolute atomic E-state index is 11.5. The molecule has 2 aromatic rings. The SMILES string of the molecule is CCNC(=O)c1ccc(NCc2scnc2C)nn1. The van der Waals surface area contributed by atoms with Crippen LogP contribution in [0.2, 0.25) is 0 Å². The molecule has 0 aliphatic rings. The zero-order valence-corrected chi connectivity index (χ0v) is 11.6. The molecule has 0 aliphatic carbocycles. The van der Waals surface area contributed by atoms with Crippen LogP contribution in [0.1, 0.15) is 28.0 Å². The number of carbonyl (C=O) groups excluding carboxylic acids is 1. The smallest absolute Gasteiger partial charge is 0.271 e. The molecule has 0 saturated heterocycles. The van der Waals surface area contributed by atoms with E-state index in [2.05, 4.69) is 25.8 Å². The van der Waals surface area contributed by atoms with Gasteiger partial charge in [0.25, 0.3) is 5.91 Å².